The van der Waals surface area contributed by atoms with Crippen molar-refractivity contribution in [3.63, 3.8) is 0 Å². The van der Waals surface area contributed by atoms with E-state index in [0.717, 1.165) is 38.5 Å². The minimum absolute atomic E-state index is 0.0162. The molecule has 1 aromatic rings. The number of nitrogens with zero attached hydrogens (tertiary/aromatic N) is 3. The molecule has 29 heavy (non-hydrogen) atoms. The molecule has 0 aromatic carbocycles. The lowest BCUT2D eigenvalue weighted by Gasteiger charge is -2.57. The van der Waals surface area contributed by atoms with E-state index < -0.39 is 5.60 Å². The summed E-state index contributed by atoms with van der Waals surface area (Å²) in [6, 6.07) is 3.69. The van der Waals surface area contributed by atoms with E-state index in [1.807, 2.05) is 0 Å². The van der Waals surface area contributed by atoms with Gasteiger partial charge >= 0.3 is 6.09 Å². The van der Waals surface area contributed by atoms with Crippen LogP contribution in [0.3, 0.4) is 0 Å². The zero-order valence-electron chi connectivity index (χ0n) is 16.2. The quantitative estimate of drug-likeness (QED) is 0.785. The van der Waals surface area contributed by atoms with Crippen LogP contribution in [-0.2, 0) is 4.74 Å². The fraction of sp³-hybridized carbons (Fsp3) is 0.667. The Hall–Kier alpha value is -2.04. The smallest absolute Gasteiger partial charge is 0.410 e. The molecule has 5 fully saturated rings. The van der Waals surface area contributed by atoms with Crippen LogP contribution in [0.15, 0.2) is 12.3 Å². The van der Waals surface area contributed by atoms with Crippen LogP contribution in [0.5, 0.6) is 0 Å². The van der Waals surface area contributed by atoms with Crippen LogP contribution >= 0.6 is 11.6 Å². The first kappa shape index (κ1) is 19.0. The Morgan fingerprint density at radius 3 is 2.83 bits per heavy atom. The van der Waals surface area contributed by atoms with Crippen LogP contribution in [-0.4, -0.2) is 51.9 Å². The summed E-state index contributed by atoms with van der Waals surface area (Å²) in [4.78, 5) is 18.8. The van der Waals surface area contributed by atoms with Gasteiger partial charge in [-0.2, -0.15) is 5.26 Å². The van der Waals surface area contributed by atoms with Crippen LogP contribution in [0.4, 0.5) is 10.6 Å². The first-order valence-electron chi connectivity index (χ1n) is 10.4. The first-order chi connectivity index (χ1) is 13.9. The van der Waals surface area contributed by atoms with Gasteiger partial charge in [0.1, 0.15) is 18.0 Å². The summed E-state index contributed by atoms with van der Waals surface area (Å²) in [5.74, 6) is 1.67. The molecule has 0 radical (unpaired) electrons. The van der Waals surface area contributed by atoms with Crippen molar-refractivity contribution in [1.29, 1.82) is 5.26 Å². The molecule has 1 amide bonds. The highest BCUT2D eigenvalue weighted by atomic mass is 35.5. The van der Waals surface area contributed by atoms with E-state index in [4.69, 9.17) is 16.3 Å². The van der Waals surface area contributed by atoms with Crippen LogP contribution in [0.2, 0.25) is 5.02 Å². The fourth-order valence-electron chi connectivity index (χ4n) is 6.19. The summed E-state index contributed by atoms with van der Waals surface area (Å²) in [7, 11) is 0. The Labute approximate surface area is 175 Å². The third-order valence-electron chi connectivity index (χ3n) is 7.15. The predicted octanol–water partition coefficient (Wildman–Crippen LogP) is 3.17. The average molecular weight is 417 g/mol. The minimum Gasteiger partial charge on any atom is -0.446 e. The van der Waals surface area contributed by atoms with Crippen molar-refractivity contribution in [1.82, 2.24) is 9.88 Å². The Morgan fingerprint density at radius 1 is 1.38 bits per heavy atom. The summed E-state index contributed by atoms with van der Waals surface area (Å²) in [6.45, 7) is 1.13. The standard InChI is InChI=1S/C21H25ClN4O3/c22-16-5-15(9-23)19(24-10-16)25-17-1-2-26(11-17)20(27)29-18-13-3-12-4-14(18)8-21(28,6-12)7-13/h5,10,12-14,17-18,28H,1-4,6-8,11H2,(H,24,25)/t12?,13?,14?,17-,18-,21-/m1/s1. The largest absolute Gasteiger partial charge is 0.446 e. The second kappa shape index (κ2) is 7.03. The van der Waals surface area contributed by atoms with Gasteiger partial charge in [-0.1, -0.05) is 11.6 Å². The van der Waals surface area contributed by atoms with E-state index >= 15 is 0 Å². The van der Waals surface area contributed by atoms with Crippen molar-refractivity contribution in [2.45, 2.75) is 56.3 Å². The average Bonchev–Trinajstić information content (AvgIpc) is 3.13. The van der Waals surface area contributed by atoms with Crippen LogP contribution in [0.1, 0.15) is 44.1 Å². The van der Waals surface area contributed by atoms with Gasteiger partial charge in [-0.15, -0.1) is 0 Å². The highest BCUT2D eigenvalue weighted by Crippen LogP contribution is 2.56. The van der Waals surface area contributed by atoms with Gasteiger partial charge in [-0.3, -0.25) is 0 Å². The second-order valence-corrected chi connectivity index (χ2v) is 9.72. The zero-order valence-corrected chi connectivity index (χ0v) is 16.9. The normalized spacial score (nSPS) is 37.4. The second-order valence-electron chi connectivity index (χ2n) is 9.28. The number of hydrogen-bond acceptors (Lipinski definition) is 6. The Kier molecular flexibility index (Phi) is 4.60. The molecule has 4 saturated carbocycles. The van der Waals surface area contributed by atoms with Gasteiger partial charge in [0.25, 0.3) is 0 Å². The van der Waals surface area contributed by atoms with Crippen molar-refractivity contribution in [3.8, 4) is 6.07 Å². The third-order valence-corrected chi connectivity index (χ3v) is 7.36. The van der Waals surface area contributed by atoms with Gasteiger partial charge in [-0.25, -0.2) is 9.78 Å². The minimum atomic E-state index is -0.522. The van der Waals surface area contributed by atoms with Crippen molar-refractivity contribution in [2.75, 3.05) is 18.4 Å². The predicted molar refractivity (Wildman–Crippen MR) is 106 cm³/mol. The van der Waals surface area contributed by atoms with E-state index in [1.165, 1.54) is 6.20 Å². The number of amides is 1. The van der Waals surface area contributed by atoms with Crippen molar-refractivity contribution in [2.24, 2.45) is 17.8 Å². The Bertz CT molecular complexity index is 856. The highest BCUT2D eigenvalue weighted by Gasteiger charge is 2.56. The van der Waals surface area contributed by atoms with Gasteiger partial charge in [0.2, 0.25) is 0 Å². The summed E-state index contributed by atoms with van der Waals surface area (Å²) in [6.07, 6.45) is 6.54. The van der Waals surface area contributed by atoms with E-state index in [1.54, 1.807) is 11.0 Å². The third kappa shape index (κ3) is 3.53. The first-order valence-corrected chi connectivity index (χ1v) is 10.8. The van der Waals surface area contributed by atoms with E-state index in [9.17, 15) is 15.2 Å². The number of rotatable bonds is 3. The maximum absolute atomic E-state index is 12.8. The van der Waals surface area contributed by atoms with E-state index in [2.05, 4.69) is 16.4 Å². The summed E-state index contributed by atoms with van der Waals surface area (Å²) in [5, 5.41) is 23.6. The SMILES string of the molecule is N#Cc1cc(Cl)cnc1N[C@@H]1CCN(C(=O)O[C@H]2C3CC4CC2C[C@](O)(C4)C3)C1. The highest BCUT2D eigenvalue weighted by molar-refractivity contribution is 6.30. The van der Waals surface area contributed by atoms with Crippen LogP contribution < -0.4 is 5.32 Å². The molecule has 1 aliphatic heterocycles. The fourth-order valence-corrected chi connectivity index (χ4v) is 6.35. The molecule has 5 aliphatic rings. The number of aliphatic hydroxyl groups is 1. The lowest BCUT2D eigenvalue weighted by molar-refractivity contribution is -0.177. The number of anilines is 1. The maximum atomic E-state index is 12.8. The molecule has 2 unspecified atom stereocenters. The van der Waals surface area contributed by atoms with Gasteiger partial charge in [0.05, 0.1) is 16.2 Å². The number of carbonyl (C=O) groups excluding carboxylic acids is 1. The molecular formula is C21H25ClN4O3. The zero-order chi connectivity index (χ0) is 20.2. The molecule has 4 bridgehead atoms. The molecule has 4 aliphatic carbocycles. The number of nitrogens with one attached hydrogen (secondary N) is 1. The molecule has 2 N–H and O–H groups in total. The van der Waals surface area contributed by atoms with E-state index in [-0.39, 0.29) is 18.2 Å². The van der Waals surface area contributed by atoms with Crippen molar-refractivity contribution >= 4 is 23.5 Å². The molecular weight excluding hydrogens is 392 g/mol. The molecule has 1 saturated heterocycles. The van der Waals surface area contributed by atoms with E-state index in [0.29, 0.717) is 47.2 Å². The van der Waals surface area contributed by atoms with Gasteiger partial charge in [0.15, 0.2) is 0 Å². The number of likely N-dealkylation sites (tertiary alicyclic amines) is 1. The lowest BCUT2D eigenvalue weighted by Crippen LogP contribution is -2.58. The number of halogens is 1. The van der Waals surface area contributed by atoms with Crippen LogP contribution in [0, 0.1) is 29.1 Å². The Morgan fingerprint density at radius 2 is 2.14 bits per heavy atom. The van der Waals surface area contributed by atoms with Gasteiger partial charge in [0, 0.05) is 25.3 Å². The number of carbonyl (C=O) groups is 1. The molecule has 154 valence electrons. The topological polar surface area (TPSA) is 98.5 Å². The summed E-state index contributed by atoms with van der Waals surface area (Å²) < 4.78 is 5.98. The van der Waals surface area contributed by atoms with Crippen LogP contribution in [0.25, 0.3) is 0 Å². The molecule has 6 rings (SSSR count). The summed E-state index contributed by atoms with van der Waals surface area (Å²) >= 11 is 5.90. The molecule has 0 spiro atoms. The lowest BCUT2D eigenvalue weighted by atomic mass is 9.53. The summed E-state index contributed by atoms with van der Waals surface area (Å²) in [5.41, 5.74) is -0.128. The molecule has 8 heteroatoms. The molecule has 3 atom stereocenters. The van der Waals surface area contributed by atoms with Crippen molar-refractivity contribution < 1.29 is 14.6 Å². The molecule has 7 nitrogen and oxygen atoms in total. The number of hydrogen-bond donors (Lipinski definition) is 2. The van der Waals surface area contributed by atoms with Gasteiger partial charge in [-0.05, 0) is 62.3 Å². The number of aromatic nitrogens is 1. The molecule has 1 aromatic heterocycles. The number of nitriles is 1. The molecule has 2 heterocycles. The van der Waals surface area contributed by atoms with Gasteiger partial charge < -0.3 is 20.1 Å². The van der Waals surface area contributed by atoms with Crippen molar-refractivity contribution in [3.05, 3.63) is 22.8 Å². The monoisotopic (exact) mass is 416 g/mol. The Balaban J connectivity index is 1.19. The number of pyridine rings is 1. The number of ether oxygens (including phenoxy) is 1. The maximum Gasteiger partial charge on any atom is 0.410 e.